The first kappa shape index (κ1) is 118. The van der Waals surface area contributed by atoms with Crippen LogP contribution in [0.25, 0.3) is 0 Å². The molecule has 0 amide bonds. The van der Waals surface area contributed by atoms with E-state index >= 15 is 0 Å². The van der Waals surface area contributed by atoms with Crippen molar-refractivity contribution in [3.05, 3.63) is 0 Å². The van der Waals surface area contributed by atoms with Gasteiger partial charge in [-0.25, -0.2) is 0 Å². The average molecular weight is 1300 g/mol. The van der Waals surface area contributed by atoms with Crippen molar-refractivity contribution in [3.8, 4) is 0 Å². The summed E-state index contributed by atoms with van der Waals surface area (Å²) in [5, 5.41) is 0. The Hall–Kier alpha value is 0. The summed E-state index contributed by atoms with van der Waals surface area (Å²) in [7, 11) is 0. The molecule has 0 saturated heterocycles. The normalized spacial score (nSPS) is 14.0. The van der Waals surface area contributed by atoms with Crippen LogP contribution in [0.3, 0.4) is 0 Å². The fraction of sp³-hybridized carbons (Fsp3) is 1.00. The van der Waals surface area contributed by atoms with Crippen molar-refractivity contribution in [1.29, 1.82) is 0 Å². The Balaban J connectivity index is -0.0000000743. The van der Waals surface area contributed by atoms with Crippen LogP contribution in [-0.2, 0) is 0 Å². The second-order valence-corrected chi connectivity index (χ2v) is 36.7. The van der Waals surface area contributed by atoms with E-state index in [0.29, 0.717) is 32.5 Å². The summed E-state index contributed by atoms with van der Waals surface area (Å²) in [5.41, 5.74) is 3.27. The van der Waals surface area contributed by atoms with Crippen LogP contribution in [0.4, 0.5) is 0 Å². The lowest BCUT2D eigenvalue weighted by Gasteiger charge is -2.22. The molecule has 0 aromatic carbocycles. The van der Waals surface area contributed by atoms with Crippen LogP contribution in [-0.4, -0.2) is 0 Å². The Morgan fingerprint density at radius 2 is 0.495 bits per heavy atom. The standard InChI is InChI=1S/C7H14.12C7H16/c1-7-5-3-2-4-6-7;2*1-6(2)7(3,4)5;2*1-5-6-7(2,3)4;2*1-5-7(3,4)6-2;3*1-5-7(4)6(2)3;2*1-4-6-7(3)5-2;1-4-7(5-2)6-3/h7H,2-6H2,1H3;2*6H,1-5H3;4*5-6H2,1-4H3;3*6-7H,5H2,1-4H3;3*7H,4-6H2,1-3H3/t;;;;;;;7-;;;;;/m.......0...../s1. The highest BCUT2D eigenvalue weighted by atomic mass is 14.2. The minimum atomic E-state index is 0.500. The molecule has 4 unspecified atom stereocenters. The van der Waals surface area contributed by atoms with E-state index in [2.05, 4.69) is 332 Å². The molecule has 0 aliphatic heterocycles. The van der Waals surface area contributed by atoms with Crippen LogP contribution in [0.1, 0.15) is 493 Å². The Morgan fingerprint density at radius 3 is 0.527 bits per heavy atom. The molecule has 1 aliphatic rings. The third kappa shape index (κ3) is 127. The summed E-state index contributed by atoms with van der Waals surface area (Å²) < 4.78 is 0. The predicted octanol–water partition coefficient (Wildman–Crippen LogP) is 35.9. The Bertz CT molecular complexity index is 1090. The molecular weight excluding hydrogens is 1090 g/mol. The van der Waals surface area contributed by atoms with E-state index in [1.807, 2.05) is 0 Å². The molecule has 91 heavy (non-hydrogen) atoms. The summed E-state index contributed by atoms with van der Waals surface area (Å²) in [6.07, 6.45) is 34.1. The van der Waals surface area contributed by atoms with Crippen molar-refractivity contribution in [3.63, 3.8) is 0 Å². The van der Waals surface area contributed by atoms with E-state index in [9.17, 15) is 0 Å². The quantitative estimate of drug-likeness (QED) is 0.107. The second kappa shape index (κ2) is 75.8. The van der Waals surface area contributed by atoms with Gasteiger partial charge in [0.1, 0.15) is 0 Å². The van der Waals surface area contributed by atoms with Gasteiger partial charge in [-0.15, -0.1) is 0 Å². The molecule has 1 rings (SSSR count). The minimum absolute atomic E-state index is 0.500. The number of hydrogen-bond acceptors (Lipinski definition) is 0. The summed E-state index contributed by atoms with van der Waals surface area (Å²) in [6.45, 7) is 109. The zero-order valence-corrected chi connectivity index (χ0v) is 75.6. The molecule has 0 aromatic rings. The lowest BCUT2D eigenvalue weighted by Crippen LogP contribution is -2.12. The van der Waals surface area contributed by atoms with Crippen LogP contribution >= 0.6 is 0 Å². The maximum absolute atomic E-state index is 2.36. The van der Waals surface area contributed by atoms with Crippen molar-refractivity contribution in [2.24, 2.45) is 104 Å². The monoisotopic (exact) mass is 1300 g/mol. The van der Waals surface area contributed by atoms with Crippen molar-refractivity contribution < 1.29 is 0 Å². The molecule has 0 spiro atoms. The summed E-state index contributed by atoms with van der Waals surface area (Å²) >= 11 is 0. The molecule has 1 saturated carbocycles. The molecule has 0 N–H and O–H groups in total. The van der Waals surface area contributed by atoms with Gasteiger partial charge >= 0.3 is 0 Å². The van der Waals surface area contributed by atoms with Crippen molar-refractivity contribution in [1.82, 2.24) is 0 Å². The molecule has 0 nitrogen and oxygen atoms in total. The SMILES string of the molecule is CC(C)C(C)(C)C.CC(C)C(C)(C)C.CC1CCCCC1.CCC(C)(C)CC.CCC(C)(C)CC.CCC(C)C(C)C.CCC(C)C(C)C.CCC(CC)CC.CCCC(C)(C)C.CCCC(C)(C)C.CCCC(C)CC.CCCC(C)CC.CC[C@H](C)C(C)C. The number of hydrogen-bond donors (Lipinski definition) is 0. The second-order valence-electron chi connectivity index (χ2n) is 36.7. The highest BCUT2D eigenvalue weighted by Crippen LogP contribution is 2.27. The zero-order valence-electron chi connectivity index (χ0n) is 75.6. The van der Waals surface area contributed by atoms with Crippen LogP contribution in [0, 0.1) is 104 Å². The van der Waals surface area contributed by atoms with Gasteiger partial charge in [-0.05, 0) is 116 Å². The maximum Gasteiger partial charge on any atom is -0.0359 e. The van der Waals surface area contributed by atoms with E-state index in [-0.39, 0.29) is 0 Å². The third-order valence-electron chi connectivity index (χ3n) is 21.2. The molecule has 0 bridgehead atoms. The fourth-order valence-electron chi connectivity index (χ4n) is 6.98. The molecule has 0 radical (unpaired) electrons. The van der Waals surface area contributed by atoms with Gasteiger partial charge in [-0.1, -0.05) is 480 Å². The summed E-state index contributed by atoms with van der Waals surface area (Å²) in [5.74, 6) is 10.8. The van der Waals surface area contributed by atoms with Crippen molar-refractivity contribution >= 4 is 0 Å². The zero-order chi connectivity index (χ0) is 75.6. The fourth-order valence-corrected chi connectivity index (χ4v) is 6.98. The van der Waals surface area contributed by atoms with Crippen molar-refractivity contribution in [2.45, 2.75) is 493 Å². The Morgan fingerprint density at radius 1 is 0.286 bits per heavy atom. The van der Waals surface area contributed by atoms with E-state index in [0.717, 1.165) is 71.0 Å². The van der Waals surface area contributed by atoms with Gasteiger partial charge in [0.05, 0.1) is 0 Å². The number of rotatable bonds is 21. The Labute approximate surface area is 593 Å². The highest BCUT2D eigenvalue weighted by Gasteiger charge is 2.15. The van der Waals surface area contributed by atoms with Gasteiger partial charge in [-0.3, -0.25) is 0 Å². The van der Waals surface area contributed by atoms with Gasteiger partial charge < -0.3 is 0 Å². The van der Waals surface area contributed by atoms with E-state index in [1.165, 1.54) is 161 Å². The van der Waals surface area contributed by atoms with Crippen LogP contribution in [0.15, 0.2) is 0 Å². The molecule has 0 heteroatoms. The highest BCUT2D eigenvalue weighted by molar-refractivity contribution is 4.66. The van der Waals surface area contributed by atoms with Gasteiger partial charge in [0.2, 0.25) is 0 Å². The van der Waals surface area contributed by atoms with Gasteiger partial charge in [0.25, 0.3) is 0 Å². The van der Waals surface area contributed by atoms with Gasteiger partial charge in [0.15, 0.2) is 0 Å². The molecule has 5 atom stereocenters. The third-order valence-corrected chi connectivity index (χ3v) is 21.2. The van der Waals surface area contributed by atoms with Crippen LogP contribution < -0.4 is 0 Å². The summed E-state index contributed by atoms with van der Waals surface area (Å²) in [4.78, 5) is 0. The first-order chi connectivity index (χ1) is 41.1. The van der Waals surface area contributed by atoms with Crippen LogP contribution in [0.2, 0.25) is 0 Å². The molecule has 0 aromatic heterocycles. The maximum atomic E-state index is 2.36. The molecule has 570 valence electrons. The van der Waals surface area contributed by atoms with Gasteiger partial charge in [0, 0.05) is 0 Å². The lowest BCUT2D eigenvalue weighted by atomic mass is 9.84. The van der Waals surface area contributed by atoms with Crippen molar-refractivity contribution in [2.75, 3.05) is 0 Å². The smallest absolute Gasteiger partial charge is 0.0359 e. The molecule has 1 aliphatic carbocycles. The molecule has 1 fully saturated rings. The van der Waals surface area contributed by atoms with E-state index in [4.69, 9.17) is 0 Å². The first-order valence-corrected chi connectivity index (χ1v) is 41.1. The largest absolute Gasteiger partial charge is 0.0654 e. The lowest BCUT2D eigenvalue weighted by molar-refractivity contribution is 0.283. The Kier molecular flexibility index (Phi) is 98.3. The first-order valence-electron chi connectivity index (χ1n) is 41.1. The van der Waals surface area contributed by atoms with Crippen LogP contribution in [0.5, 0.6) is 0 Å². The topological polar surface area (TPSA) is 0 Å². The minimum Gasteiger partial charge on any atom is -0.0654 e. The molecular formula is C91H206. The van der Waals surface area contributed by atoms with Gasteiger partial charge in [-0.2, -0.15) is 0 Å². The molecule has 0 heterocycles. The average Bonchev–Trinajstić information content (AvgIpc) is 3.68. The van der Waals surface area contributed by atoms with E-state index < -0.39 is 0 Å². The van der Waals surface area contributed by atoms with E-state index in [1.54, 1.807) is 0 Å². The summed E-state index contributed by atoms with van der Waals surface area (Å²) in [6, 6.07) is 0. The predicted molar refractivity (Wildman–Crippen MR) is 444 cm³/mol.